The molecule has 112 valence electrons. The predicted molar refractivity (Wildman–Crippen MR) is 79.7 cm³/mol. The molecule has 0 aliphatic heterocycles. The van der Waals surface area contributed by atoms with Gasteiger partial charge in [0.25, 0.3) is 11.5 Å². The summed E-state index contributed by atoms with van der Waals surface area (Å²) in [5.74, 6) is -0.386. The van der Waals surface area contributed by atoms with Crippen LogP contribution in [-0.2, 0) is 11.3 Å². The van der Waals surface area contributed by atoms with Crippen molar-refractivity contribution in [2.75, 3.05) is 12.4 Å². The van der Waals surface area contributed by atoms with Gasteiger partial charge in [0, 0.05) is 31.5 Å². The number of methoxy groups -OCH3 is 1. The lowest BCUT2D eigenvalue weighted by Crippen LogP contribution is -2.21. The second kappa shape index (κ2) is 6.59. The summed E-state index contributed by atoms with van der Waals surface area (Å²) in [5, 5.41) is 11.5. The zero-order valence-electron chi connectivity index (χ0n) is 12.0. The Labute approximate surface area is 125 Å². The lowest BCUT2D eigenvalue weighted by molar-refractivity contribution is 0.102. The number of rotatable bonds is 5. The molecule has 2 rings (SSSR count). The number of aryl methyl sites for hydroxylation is 1. The standard InChI is InChI=1S/C13H16N4O3S/c1-4-17-6-5-9(7-10(17)18)11(19)14-13-16-15-12(21-13)8(2)20-3/h5-8H,4H2,1-3H3,(H,14,16,19). The maximum absolute atomic E-state index is 12.1. The summed E-state index contributed by atoms with van der Waals surface area (Å²) < 4.78 is 6.65. The van der Waals surface area contributed by atoms with Crippen LogP contribution in [0, 0.1) is 0 Å². The second-order valence-electron chi connectivity index (χ2n) is 4.32. The highest BCUT2D eigenvalue weighted by atomic mass is 32.1. The van der Waals surface area contributed by atoms with Crippen molar-refractivity contribution in [1.29, 1.82) is 0 Å². The van der Waals surface area contributed by atoms with Crippen molar-refractivity contribution in [3.8, 4) is 0 Å². The van der Waals surface area contributed by atoms with Gasteiger partial charge in [0.2, 0.25) is 5.13 Å². The summed E-state index contributed by atoms with van der Waals surface area (Å²) in [6.45, 7) is 4.27. The topological polar surface area (TPSA) is 86.1 Å². The first-order valence-electron chi connectivity index (χ1n) is 6.43. The zero-order chi connectivity index (χ0) is 15.4. The first-order valence-corrected chi connectivity index (χ1v) is 7.24. The Balaban J connectivity index is 2.12. The number of hydrogen-bond donors (Lipinski definition) is 1. The molecular weight excluding hydrogens is 292 g/mol. The van der Waals surface area contributed by atoms with Gasteiger partial charge in [-0.25, -0.2) is 0 Å². The molecule has 2 aromatic heterocycles. The number of carbonyl (C=O) groups is 1. The third-order valence-corrected chi connectivity index (χ3v) is 3.96. The van der Waals surface area contributed by atoms with Crippen molar-refractivity contribution in [3.63, 3.8) is 0 Å². The van der Waals surface area contributed by atoms with Crippen molar-refractivity contribution in [2.24, 2.45) is 0 Å². The molecule has 2 aromatic rings. The molecule has 0 aliphatic rings. The Morgan fingerprint density at radius 1 is 1.52 bits per heavy atom. The predicted octanol–water partition coefficient (Wildman–Crippen LogP) is 1.68. The lowest BCUT2D eigenvalue weighted by Gasteiger charge is -2.04. The van der Waals surface area contributed by atoms with Crippen molar-refractivity contribution in [1.82, 2.24) is 14.8 Å². The highest BCUT2D eigenvalue weighted by Crippen LogP contribution is 2.23. The number of ether oxygens (including phenoxy) is 1. The fourth-order valence-electron chi connectivity index (χ4n) is 1.63. The molecule has 0 fully saturated rings. The first kappa shape index (κ1) is 15.3. The molecule has 21 heavy (non-hydrogen) atoms. The van der Waals surface area contributed by atoms with Crippen molar-refractivity contribution in [3.05, 3.63) is 39.3 Å². The van der Waals surface area contributed by atoms with Gasteiger partial charge in [-0.2, -0.15) is 0 Å². The molecule has 7 nitrogen and oxygen atoms in total. The van der Waals surface area contributed by atoms with Crippen molar-refractivity contribution < 1.29 is 9.53 Å². The average Bonchev–Trinajstić information content (AvgIpc) is 2.94. The Morgan fingerprint density at radius 2 is 2.29 bits per heavy atom. The number of amides is 1. The number of pyridine rings is 1. The minimum atomic E-state index is -0.386. The van der Waals surface area contributed by atoms with Crippen LogP contribution in [0.3, 0.4) is 0 Å². The summed E-state index contributed by atoms with van der Waals surface area (Å²) in [7, 11) is 1.58. The largest absolute Gasteiger partial charge is 0.374 e. The van der Waals surface area contributed by atoms with E-state index in [1.807, 2.05) is 13.8 Å². The van der Waals surface area contributed by atoms with Gasteiger partial charge in [-0.05, 0) is 19.9 Å². The van der Waals surface area contributed by atoms with E-state index in [0.29, 0.717) is 22.2 Å². The first-order chi connectivity index (χ1) is 10.0. The third-order valence-electron chi connectivity index (χ3n) is 2.96. The van der Waals surface area contributed by atoms with Gasteiger partial charge in [0.15, 0.2) is 0 Å². The van der Waals surface area contributed by atoms with E-state index >= 15 is 0 Å². The van der Waals surface area contributed by atoms with Crippen LogP contribution in [-0.4, -0.2) is 27.8 Å². The Kier molecular flexibility index (Phi) is 4.81. The van der Waals surface area contributed by atoms with Crippen LogP contribution in [0.1, 0.15) is 35.3 Å². The number of carbonyl (C=O) groups excluding carboxylic acids is 1. The zero-order valence-corrected chi connectivity index (χ0v) is 12.8. The molecule has 0 saturated heterocycles. The van der Waals surface area contributed by atoms with Gasteiger partial charge < -0.3 is 9.30 Å². The number of nitrogens with one attached hydrogen (secondary N) is 1. The highest BCUT2D eigenvalue weighted by molar-refractivity contribution is 7.15. The molecule has 0 aromatic carbocycles. The van der Waals surface area contributed by atoms with Crippen molar-refractivity contribution >= 4 is 22.4 Å². The number of anilines is 1. The van der Waals surface area contributed by atoms with Gasteiger partial charge in [-0.3, -0.25) is 14.9 Å². The molecule has 2 heterocycles. The number of aromatic nitrogens is 3. The van der Waals surface area contributed by atoms with Gasteiger partial charge in [-0.1, -0.05) is 11.3 Å². The van der Waals surface area contributed by atoms with E-state index in [-0.39, 0.29) is 17.6 Å². The van der Waals surface area contributed by atoms with E-state index in [2.05, 4.69) is 15.5 Å². The van der Waals surface area contributed by atoms with E-state index < -0.39 is 0 Å². The molecule has 0 radical (unpaired) electrons. The maximum atomic E-state index is 12.1. The normalized spacial score (nSPS) is 12.1. The summed E-state index contributed by atoms with van der Waals surface area (Å²) >= 11 is 1.24. The van der Waals surface area contributed by atoms with Gasteiger partial charge in [-0.15, -0.1) is 10.2 Å². The van der Waals surface area contributed by atoms with Crippen LogP contribution in [0.15, 0.2) is 23.1 Å². The van der Waals surface area contributed by atoms with Crippen LogP contribution >= 0.6 is 11.3 Å². The molecule has 1 unspecified atom stereocenters. The lowest BCUT2D eigenvalue weighted by atomic mass is 10.2. The summed E-state index contributed by atoms with van der Waals surface area (Å²) in [6, 6.07) is 2.90. The average molecular weight is 308 g/mol. The van der Waals surface area contributed by atoms with E-state index in [1.54, 1.807) is 19.4 Å². The monoisotopic (exact) mass is 308 g/mol. The minimum absolute atomic E-state index is 0.179. The number of nitrogens with zero attached hydrogens (tertiary/aromatic N) is 3. The van der Waals surface area contributed by atoms with Crippen molar-refractivity contribution in [2.45, 2.75) is 26.5 Å². The van der Waals surface area contributed by atoms with Gasteiger partial charge >= 0.3 is 0 Å². The highest BCUT2D eigenvalue weighted by Gasteiger charge is 2.14. The minimum Gasteiger partial charge on any atom is -0.374 e. The van der Waals surface area contributed by atoms with Crippen LogP contribution in [0.5, 0.6) is 0 Å². The van der Waals surface area contributed by atoms with E-state index in [9.17, 15) is 9.59 Å². The summed E-state index contributed by atoms with van der Waals surface area (Å²) in [4.78, 5) is 23.8. The van der Waals surface area contributed by atoms with E-state index in [0.717, 1.165) is 0 Å². The molecule has 0 bridgehead atoms. The summed E-state index contributed by atoms with van der Waals surface area (Å²) in [5.41, 5.74) is 0.0809. The second-order valence-corrected chi connectivity index (χ2v) is 5.33. The van der Waals surface area contributed by atoms with Crippen LogP contribution < -0.4 is 10.9 Å². The summed E-state index contributed by atoms with van der Waals surface area (Å²) in [6.07, 6.45) is 1.41. The maximum Gasteiger partial charge on any atom is 0.257 e. The molecule has 1 atom stereocenters. The Morgan fingerprint density at radius 3 is 2.90 bits per heavy atom. The van der Waals surface area contributed by atoms with E-state index in [4.69, 9.17) is 4.74 Å². The number of hydrogen-bond acceptors (Lipinski definition) is 6. The third kappa shape index (κ3) is 3.53. The fraction of sp³-hybridized carbons (Fsp3) is 0.385. The molecule has 0 aliphatic carbocycles. The van der Waals surface area contributed by atoms with Gasteiger partial charge in [0.05, 0.1) is 0 Å². The van der Waals surface area contributed by atoms with Crippen LogP contribution in [0.4, 0.5) is 5.13 Å². The van der Waals surface area contributed by atoms with Gasteiger partial charge in [0.1, 0.15) is 11.1 Å². The Bertz CT molecular complexity index is 695. The van der Waals surface area contributed by atoms with E-state index in [1.165, 1.54) is 22.0 Å². The molecule has 1 N–H and O–H groups in total. The SMILES string of the molecule is CCn1ccc(C(=O)Nc2nnc(C(C)OC)s2)cc1=O. The fourth-order valence-corrected chi connectivity index (χ4v) is 2.40. The van der Waals surface area contributed by atoms with Crippen LogP contribution in [0.25, 0.3) is 0 Å². The molecule has 1 amide bonds. The molecule has 8 heteroatoms. The Hall–Kier alpha value is -2.06. The quantitative estimate of drug-likeness (QED) is 0.908. The molecule has 0 spiro atoms. The smallest absolute Gasteiger partial charge is 0.257 e. The molecular formula is C13H16N4O3S. The van der Waals surface area contributed by atoms with Crippen LogP contribution in [0.2, 0.25) is 0 Å². The molecule has 0 saturated carbocycles.